The molecule has 0 atom stereocenters. The van der Waals surface area contributed by atoms with Crippen molar-refractivity contribution in [1.29, 1.82) is 0 Å². The van der Waals surface area contributed by atoms with Gasteiger partial charge in [0.15, 0.2) is 11.6 Å². The van der Waals surface area contributed by atoms with Gasteiger partial charge in [-0.3, -0.25) is 0 Å². The molecule has 9 heteroatoms. The fourth-order valence-corrected chi connectivity index (χ4v) is 2.57. The highest BCUT2D eigenvalue weighted by Crippen LogP contribution is 2.44. The summed E-state index contributed by atoms with van der Waals surface area (Å²) in [7, 11) is -2.13. The van der Waals surface area contributed by atoms with Gasteiger partial charge in [0.2, 0.25) is 0 Å². The van der Waals surface area contributed by atoms with E-state index in [2.05, 4.69) is 52.4 Å². The topological polar surface area (TPSA) is 49.7 Å². The summed E-state index contributed by atoms with van der Waals surface area (Å²) in [5, 5.41) is 16.9. The lowest BCUT2D eigenvalue weighted by Crippen LogP contribution is -2.21. The third kappa shape index (κ3) is 2.86. The normalized spacial score (nSPS) is 10.3. The van der Waals surface area contributed by atoms with E-state index in [1.807, 2.05) is 0 Å². The smallest absolute Gasteiger partial charge is 0.509 e. The molecule has 0 unspecified atom stereocenters. The van der Waals surface area contributed by atoms with Gasteiger partial charge >= 0.3 is 7.32 Å². The maximum Gasteiger partial charge on any atom is 0.707 e. The summed E-state index contributed by atoms with van der Waals surface area (Å²) < 4.78 is 18.8. The number of hydrogen-bond donors (Lipinski definition) is 2. The zero-order valence-corrected chi connectivity index (χ0v) is 12.3. The molecule has 82 valence electrons. The summed E-state index contributed by atoms with van der Waals surface area (Å²) in [6, 6.07) is 0. The van der Waals surface area contributed by atoms with Crippen LogP contribution in [-0.4, -0.2) is 17.4 Å². The Kier molecular flexibility index (Phi) is 4.88. The molecule has 0 bridgehead atoms. The molecular weight excluding hydrogens is 425 g/mol. The number of benzene rings is 1. The van der Waals surface area contributed by atoms with Gasteiger partial charge in [-0.2, -0.15) is 0 Å². The monoisotopic (exact) mass is 424 g/mol. The summed E-state index contributed by atoms with van der Waals surface area (Å²) in [6.07, 6.45) is 0. The van der Waals surface area contributed by atoms with Gasteiger partial charge in [0.25, 0.3) is 0 Å². The van der Waals surface area contributed by atoms with Gasteiger partial charge < -0.3 is 14.7 Å². The Bertz CT molecular complexity index is 375. The quantitative estimate of drug-likeness (QED) is 0.434. The maximum atomic E-state index is 13.5. The second-order valence-electron chi connectivity index (χ2n) is 2.34. The van der Waals surface area contributed by atoms with Crippen LogP contribution in [-0.2, 0) is 0 Å². The van der Waals surface area contributed by atoms with Crippen molar-refractivity contribution in [3.05, 3.63) is 24.3 Å². The highest BCUT2D eigenvalue weighted by molar-refractivity contribution is 9.14. The van der Waals surface area contributed by atoms with Gasteiger partial charge in [0.05, 0.1) is 18.4 Å². The molecule has 1 aromatic rings. The molecule has 0 saturated carbocycles. The molecule has 15 heavy (non-hydrogen) atoms. The van der Waals surface area contributed by atoms with Gasteiger partial charge in [-0.15, -0.1) is 0 Å². The predicted octanol–water partition coefficient (Wildman–Crippen LogP) is 3.11. The average Bonchev–Trinajstić information content (AvgIpc) is 2.18. The fraction of sp³-hybridized carbons (Fsp3) is 0. The van der Waals surface area contributed by atoms with Crippen LogP contribution in [0.5, 0.6) is 5.75 Å². The second-order valence-corrected chi connectivity index (χ2v) is 5.10. The standard InChI is InChI=1S/C6H2BBr3ClFO3/c8-1-2(9)4(11)5(12)6(3(1)10)15-7(13)14/h13-14H. The maximum absolute atomic E-state index is 13.5. The molecule has 0 spiro atoms. The van der Waals surface area contributed by atoms with E-state index in [1.165, 1.54) is 0 Å². The number of hydrogen-bond acceptors (Lipinski definition) is 3. The van der Waals surface area contributed by atoms with Crippen LogP contribution in [0.1, 0.15) is 0 Å². The Labute approximate surface area is 115 Å². The van der Waals surface area contributed by atoms with Gasteiger partial charge in [-0.25, -0.2) is 4.39 Å². The SMILES string of the molecule is OB(O)Oc1c(F)c(Cl)c(Br)c(Br)c1Br. The third-order valence-electron chi connectivity index (χ3n) is 1.39. The lowest BCUT2D eigenvalue weighted by atomic mass is 10.2. The largest absolute Gasteiger partial charge is 0.707 e. The first-order valence-corrected chi connectivity index (χ1v) is 6.16. The van der Waals surface area contributed by atoms with E-state index < -0.39 is 13.1 Å². The predicted molar refractivity (Wildman–Crippen MR) is 65.3 cm³/mol. The van der Waals surface area contributed by atoms with E-state index in [4.69, 9.17) is 21.6 Å². The van der Waals surface area contributed by atoms with Crippen molar-refractivity contribution in [3.8, 4) is 5.75 Å². The summed E-state index contributed by atoms with van der Waals surface area (Å²) in [5.74, 6) is -1.28. The Morgan fingerprint density at radius 1 is 1.13 bits per heavy atom. The third-order valence-corrected chi connectivity index (χ3v) is 5.38. The van der Waals surface area contributed by atoms with Crippen molar-refractivity contribution in [1.82, 2.24) is 0 Å². The second kappa shape index (κ2) is 5.33. The molecule has 0 aliphatic heterocycles. The Morgan fingerprint density at radius 3 is 2.13 bits per heavy atom. The van der Waals surface area contributed by atoms with E-state index in [0.717, 1.165) is 0 Å². The lowest BCUT2D eigenvalue weighted by Gasteiger charge is -2.12. The van der Waals surface area contributed by atoms with Gasteiger partial charge in [-0.1, -0.05) is 11.6 Å². The first-order chi connectivity index (χ1) is 6.86. The van der Waals surface area contributed by atoms with Crippen LogP contribution < -0.4 is 4.65 Å². The minimum atomic E-state index is -2.13. The summed E-state index contributed by atoms with van der Waals surface area (Å²) >= 11 is 14.8. The molecule has 0 aliphatic carbocycles. The molecular formula is C6H2BBr3ClFO3. The Morgan fingerprint density at radius 2 is 1.67 bits per heavy atom. The summed E-state index contributed by atoms with van der Waals surface area (Å²) in [6.45, 7) is 0. The Balaban J connectivity index is 3.39. The van der Waals surface area contributed by atoms with Gasteiger partial charge in [-0.05, 0) is 47.8 Å². The van der Waals surface area contributed by atoms with Crippen LogP contribution in [0.3, 0.4) is 0 Å². The van der Waals surface area contributed by atoms with E-state index in [-0.39, 0.29) is 15.2 Å². The summed E-state index contributed by atoms with van der Waals surface area (Å²) in [5.41, 5.74) is 0. The minimum absolute atomic E-state index is 0.185. The van der Waals surface area contributed by atoms with Crippen LogP contribution in [0.4, 0.5) is 4.39 Å². The van der Waals surface area contributed by atoms with Crippen LogP contribution in [0.2, 0.25) is 5.02 Å². The Hall–Kier alpha value is 0.665. The fourth-order valence-electron chi connectivity index (χ4n) is 0.794. The van der Waals surface area contributed by atoms with Crippen LogP contribution >= 0.6 is 59.4 Å². The number of halogens is 5. The molecule has 3 nitrogen and oxygen atoms in total. The minimum Gasteiger partial charge on any atom is -0.509 e. The molecule has 2 N–H and O–H groups in total. The van der Waals surface area contributed by atoms with Crippen molar-refractivity contribution < 1.29 is 19.1 Å². The van der Waals surface area contributed by atoms with E-state index in [1.54, 1.807) is 0 Å². The molecule has 0 radical (unpaired) electrons. The number of rotatable bonds is 2. The molecule has 0 saturated heterocycles. The highest BCUT2D eigenvalue weighted by Gasteiger charge is 2.24. The molecule has 1 rings (SSSR count). The van der Waals surface area contributed by atoms with Crippen LogP contribution in [0, 0.1) is 5.82 Å². The van der Waals surface area contributed by atoms with Crippen molar-refractivity contribution in [2.24, 2.45) is 0 Å². The average molecular weight is 427 g/mol. The first kappa shape index (κ1) is 13.7. The molecule has 0 amide bonds. The zero-order chi connectivity index (χ0) is 11.7. The molecule has 0 fully saturated rings. The van der Waals surface area contributed by atoms with Crippen molar-refractivity contribution in [3.63, 3.8) is 0 Å². The molecule has 0 aliphatic rings. The molecule has 0 heterocycles. The zero-order valence-electron chi connectivity index (χ0n) is 6.77. The molecule has 0 aromatic heterocycles. The van der Waals surface area contributed by atoms with Gasteiger partial charge in [0.1, 0.15) is 0 Å². The van der Waals surface area contributed by atoms with Gasteiger partial charge in [0, 0.05) is 0 Å². The van der Waals surface area contributed by atoms with E-state index >= 15 is 0 Å². The van der Waals surface area contributed by atoms with Crippen molar-refractivity contribution in [2.45, 2.75) is 0 Å². The first-order valence-electron chi connectivity index (χ1n) is 3.40. The van der Waals surface area contributed by atoms with Crippen LogP contribution in [0.15, 0.2) is 13.4 Å². The van der Waals surface area contributed by atoms with E-state index in [9.17, 15) is 4.39 Å². The molecule has 1 aromatic carbocycles. The van der Waals surface area contributed by atoms with Crippen molar-refractivity contribution >= 4 is 66.7 Å². The lowest BCUT2D eigenvalue weighted by molar-refractivity contribution is 0.280. The van der Waals surface area contributed by atoms with Crippen molar-refractivity contribution in [2.75, 3.05) is 0 Å². The summed E-state index contributed by atoms with van der Waals surface area (Å²) in [4.78, 5) is 0. The van der Waals surface area contributed by atoms with Crippen LogP contribution in [0.25, 0.3) is 0 Å². The van der Waals surface area contributed by atoms with E-state index in [0.29, 0.717) is 8.95 Å². The highest BCUT2D eigenvalue weighted by atomic mass is 79.9.